The number of nitriles is 2. The molecular weight excluding hydrogens is 414 g/mol. The normalized spacial score (nSPS) is 10.0. The molecule has 0 aliphatic carbocycles. The van der Waals surface area contributed by atoms with E-state index in [0.29, 0.717) is 33.7 Å². The van der Waals surface area contributed by atoms with Crippen LogP contribution < -0.4 is 10.1 Å². The number of ether oxygens (including phenoxy) is 1. The van der Waals surface area contributed by atoms with Crippen LogP contribution in [0.4, 0.5) is 11.6 Å². The van der Waals surface area contributed by atoms with E-state index >= 15 is 0 Å². The molecule has 0 aliphatic heterocycles. The number of carbonyl (C=O) groups excluding carboxylic acids is 1. The summed E-state index contributed by atoms with van der Waals surface area (Å²) >= 11 is 0. The number of anilines is 2. The van der Waals surface area contributed by atoms with Crippen molar-refractivity contribution in [3.8, 4) is 29.0 Å². The van der Waals surface area contributed by atoms with Crippen molar-refractivity contribution in [3.63, 3.8) is 0 Å². The van der Waals surface area contributed by atoms with Gasteiger partial charge in [-0.2, -0.15) is 10.5 Å². The molecule has 0 saturated carbocycles. The Kier molecular flexibility index (Phi) is 6.06. The SMILES string of the molecule is COc1cccc(-c2ccc(C#N)cc2C(=O)c2ccnc(Nc3ccc(C#N)cc3)n2)c1. The number of benzene rings is 3. The van der Waals surface area contributed by atoms with E-state index in [-0.39, 0.29) is 17.4 Å². The molecule has 1 N–H and O–H groups in total. The molecule has 1 aromatic heterocycles. The van der Waals surface area contributed by atoms with E-state index in [1.165, 1.54) is 12.3 Å². The summed E-state index contributed by atoms with van der Waals surface area (Å²) < 4.78 is 5.31. The fourth-order valence-corrected chi connectivity index (χ4v) is 3.28. The lowest BCUT2D eigenvalue weighted by Crippen LogP contribution is -2.09. The van der Waals surface area contributed by atoms with E-state index < -0.39 is 0 Å². The van der Waals surface area contributed by atoms with Gasteiger partial charge < -0.3 is 10.1 Å². The standard InChI is InChI=1S/C26H17N5O2/c1-33-21-4-2-3-19(14-21)22-10-7-18(16-28)13-23(22)25(32)24-11-12-29-26(31-24)30-20-8-5-17(15-27)6-9-20/h2-14H,1H3,(H,29,30,31). The van der Waals surface area contributed by atoms with E-state index in [2.05, 4.69) is 27.4 Å². The molecule has 7 heteroatoms. The highest BCUT2D eigenvalue weighted by Crippen LogP contribution is 2.29. The van der Waals surface area contributed by atoms with Gasteiger partial charge in [0.25, 0.3) is 0 Å². The highest BCUT2D eigenvalue weighted by atomic mass is 16.5. The monoisotopic (exact) mass is 431 g/mol. The molecule has 0 fully saturated rings. The maximum absolute atomic E-state index is 13.5. The van der Waals surface area contributed by atoms with Gasteiger partial charge in [-0.1, -0.05) is 18.2 Å². The van der Waals surface area contributed by atoms with E-state index in [1.807, 2.05) is 24.3 Å². The van der Waals surface area contributed by atoms with Crippen LogP contribution in [-0.4, -0.2) is 22.9 Å². The third kappa shape index (κ3) is 4.68. The van der Waals surface area contributed by atoms with Crippen LogP contribution in [0.5, 0.6) is 5.75 Å². The second-order valence-corrected chi connectivity index (χ2v) is 7.01. The van der Waals surface area contributed by atoms with Gasteiger partial charge in [-0.3, -0.25) is 4.79 Å². The largest absolute Gasteiger partial charge is 0.497 e. The molecule has 158 valence electrons. The lowest BCUT2D eigenvalue weighted by molar-refractivity contribution is 0.103. The number of methoxy groups -OCH3 is 1. The summed E-state index contributed by atoms with van der Waals surface area (Å²) in [6, 6.07) is 24.8. The van der Waals surface area contributed by atoms with Gasteiger partial charge in [0.05, 0.1) is 30.4 Å². The third-order valence-electron chi connectivity index (χ3n) is 4.93. The van der Waals surface area contributed by atoms with E-state index in [1.54, 1.807) is 49.6 Å². The van der Waals surface area contributed by atoms with Gasteiger partial charge in [0.1, 0.15) is 11.4 Å². The topological polar surface area (TPSA) is 112 Å². The second kappa shape index (κ2) is 9.42. The van der Waals surface area contributed by atoms with Crippen molar-refractivity contribution in [1.29, 1.82) is 10.5 Å². The van der Waals surface area contributed by atoms with Gasteiger partial charge in [0.2, 0.25) is 11.7 Å². The number of nitrogens with zero attached hydrogens (tertiary/aromatic N) is 4. The number of nitrogens with one attached hydrogen (secondary N) is 1. The molecule has 0 spiro atoms. The van der Waals surface area contributed by atoms with Crippen LogP contribution in [-0.2, 0) is 0 Å². The summed E-state index contributed by atoms with van der Waals surface area (Å²) in [5.41, 5.74) is 3.57. The summed E-state index contributed by atoms with van der Waals surface area (Å²) in [6.45, 7) is 0. The molecular formula is C26H17N5O2. The van der Waals surface area contributed by atoms with E-state index in [4.69, 9.17) is 10.00 Å². The van der Waals surface area contributed by atoms with Crippen LogP contribution in [0.1, 0.15) is 27.2 Å². The fourth-order valence-electron chi connectivity index (χ4n) is 3.28. The maximum atomic E-state index is 13.5. The minimum absolute atomic E-state index is 0.181. The second-order valence-electron chi connectivity index (χ2n) is 7.01. The molecule has 0 unspecified atom stereocenters. The van der Waals surface area contributed by atoms with Gasteiger partial charge in [-0.15, -0.1) is 0 Å². The van der Waals surface area contributed by atoms with Crippen LogP contribution in [0.2, 0.25) is 0 Å². The van der Waals surface area contributed by atoms with Crippen molar-refractivity contribution < 1.29 is 9.53 Å². The van der Waals surface area contributed by atoms with Gasteiger partial charge in [-0.25, -0.2) is 9.97 Å². The van der Waals surface area contributed by atoms with Gasteiger partial charge >= 0.3 is 0 Å². The summed E-state index contributed by atoms with van der Waals surface area (Å²) in [6.07, 6.45) is 1.49. The Morgan fingerprint density at radius 3 is 2.42 bits per heavy atom. The Labute approximate surface area is 190 Å². The first-order valence-corrected chi connectivity index (χ1v) is 9.95. The van der Waals surface area contributed by atoms with Crippen molar-refractivity contribution in [2.45, 2.75) is 0 Å². The summed E-state index contributed by atoms with van der Waals surface area (Å²) in [4.78, 5) is 22.0. The third-order valence-corrected chi connectivity index (χ3v) is 4.93. The molecule has 3 aromatic carbocycles. The van der Waals surface area contributed by atoms with Crippen molar-refractivity contribution in [2.75, 3.05) is 12.4 Å². The zero-order chi connectivity index (χ0) is 23.2. The average molecular weight is 431 g/mol. The highest BCUT2D eigenvalue weighted by Gasteiger charge is 2.18. The lowest BCUT2D eigenvalue weighted by atomic mass is 9.94. The number of hydrogen-bond donors (Lipinski definition) is 1. The molecule has 1 heterocycles. The van der Waals surface area contributed by atoms with Crippen LogP contribution in [0.15, 0.2) is 79.0 Å². The van der Waals surface area contributed by atoms with Gasteiger partial charge in [0.15, 0.2) is 0 Å². The minimum atomic E-state index is -0.338. The first-order chi connectivity index (χ1) is 16.1. The Bertz CT molecular complexity index is 1420. The molecule has 0 amide bonds. The predicted molar refractivity (Wildman–Crippen MR) is 123 cm³/mol. The fraction of sp³-hybridized carbons (Fsp3) is 0.0385. The molecule has 0 radical (unpaired) electrons. The number of ketones is 1. The van der Waals surface area contributed by atoms with Crippen molar-refractivity contribution >= 4 is 17.4 Å². The van der Waals surface area contributed by atoms with Crippen LogP contribution in [0.25, 0.3) is 11.1 Å². The number of rotatable bonds is 6. The van der Waals surface area contributed by atoms with Crippen LogP contribution in [0.3, 0.4) is 0 Å². The molecule has 4 rings (SSSR count). The van der Waals surface area contributed by atoms with E-state index in [9.17, 15) is 10.1 Å². The number of carbonyl (C=O) groups is 1. The van der Waals surface area contributed by atoms with Crippen molar-refractivity contribution in [3.05, 3.63) is 101 Å². The highest BCUT2D eigenvalue weighted by molar-refractivity contribution is 6.12. The first kappa shape index (κ1) is 21.2. The summed E-state index contributed by atoms with van der Waals surface area (Å²) in [5, 5.41) is 21.3. The zero-order valence-corrected chi connectivity index (χ0v) is 17.6. The number of aromatic nitrogens is 2. The average Bonchev–Trinajstić information content (AvgIpc) is 2.88. The van der Waals surface area contributed by atoms with Crippen molar-refractivity contribution in [1.82, 2.24) is 9.97 Å². The summed E-state index contributed by atoms with van der Waals surface area (Å²) in [5.74, 6) is 0.561. The van der Waals surface area contributed by atoms with Crippen LogP contribution >= 0.6 is 0 Å². The van der Waals surface area contributed by atoms with Gasteiger partial charge in [-0.05, 0) is 65.7 Å². The Hall–Kier alpha value is -5.01. The molecule has 7 nitrogen and oxygen atoms in total. The Morgan fingerprint density at radius 2 is 1.70 bits per heavy atom. The van der Waals surface area contributed by atoms with E-state index in [0.717, 1.165) is 5.56 Å². The Balaban J connectivity index is 1.71. The number of hydrogen-bond acceptors (Lipinski definition) is 7. The molecule has 0 aliphatic rings. The zero-order valence-electron chi connectivity index (χ0n) is 17.6. The molecule has 0 bridgehead atoms. The van der Waals surface area contributed by atoms with Crippen LogP contribution in [0, 0.1) is 22.7 Å². The van der Waals surface area contributed by atoms with Crippen molar-refractivity contribution in [2.24, 2.45) is 0 Å². The first-order valence-electron chi connectivity index (χ1n) is 9.95. The smallest absolute Gasteiger partial charge is 0.227 e. The maximum Gasteiger partial charge on any atom is 0.227 e. The molecule has 0 atom stereocenters. The lowest BCUT2D eigenvalue weighted by Gasteiger charge is -2.11. The molecule has 0 saturated heterocycles. The quantitative estimate of drug-likeness (QED) is 0.433. The minimum Gasteiger partial charge on any atom is -0.497 e. The summed E-state index contributed by atoms with van der Waals surface area (Å²) in [7, 11) is 1.58. The molecule has 33 heavy (non-hydrogen) atoms. The predicted octanol–water partition coefficient (Wildman–Crippen LogP) is 4.87. The van der Waals surface area contributed by atoms with Gasteiger partial charge in [0, 0.05) is 17.4 Å². The molecule has 4 aromatic rings. The Morgan fingerprint density at radius 1 is 0.939 bits per heavy atom.